The largest absolute Gasteiger partial charge is 0.304 e. The molecule has 23 heavy (non-hydrogen) atoms. The first-order chi connectivity index (χ1) is 11.3. The highest BCUT2D eigenvalue weighted by atomic mass is 32.2. The van der Waals surface area contributed by atoms with Crippen molar-refractivity contribution in [3.05, 3.63) is 60.2 Å². The Morgan fingerprint density at radius 2 is 1.87 bits per heavy atom. The highest BCUT2D eigenvalue weighted by molar-refractivity contribution is 8.15. The second-order valence-electron chi connectivity index (χ2n) is 5.17. The van der Waals surface area contributed by atoms with E-state index in [0.29, 0.717) is 16.7 Å². The molecule has 1 saturated heterocycles. The van der Waals surface area contributed by atoms with Gasteiger partial charge >= 0.3 is 0 Å². The summed E-state index contributed by atoms with van der Waals surface area (Å²) in [6.07, 6.45) is 0.705. The number of nitrogens with zero attached hydrogens (tertiary/aromatic N) is 2. The average Bonchev–Trinajstić information content (AvgIpc) is 3.11. The maximum atomic E-state index is 12.1. The maximum absolute atomic E-state index is 12.1. The number of thioether (sulfide) groups is 1. The number of amides is 1. The number of carbonyl (C=O) groups excluding carboxylic acids is 1. The summed E-state index contributed by atoms with van der Waals surface area (Å²) in [4.78, 5) is 21.1. The lowest BCUT2D eigenvalue weighted by Gasteiger charge is -2.04. The van der Waals surface area contributed by atoms with Gasteiger partial charge in [-0.15, -0.1) is 0 Å². The minimum Gasteiger partial charge on any atom is -0.304 e. The Morgan fingerprint density at radius 1 is 1.09 bits per heavy atom. The fourth-order valence-electron chi connectivity index (χ4n) is 2.42. The van der Waals surface area contributed by atoms with Crippen LogP contribution in [0, 0.1) is 0 Å². The predicted molar refractivity (Wildman–Crippen MR) is 96.4 cm³/mol. The first-order valence-corrected chi connectivity index (χ1v) is 8.93. The van der Waals surface area contributed by atoms with Gasteiger partial charge in [0.2, 0.25) is 11.0 Å². The van der Waals surface area contributed by atoms with E-state index in [0.717, 1.165) is 15.8 Å². The Bertz CT molecular complexity index is 856. The summed E-state index contributed by atoms with van der Waals surface area (Å²) < 4.78 is 1.10. The average molecular weight is 339 g/mol. The highest BCUT2D eigenvalue weighted by Gasteiger charge is 2.30. The number of amidine groups is 1. The van der Waals surface area contributed by atoms with E-state index in [1.807, 2.05) is 54.6 Å². The zero-order valence-electron chi connectivity index (χ0n) is 12.1. The van der Waals surface area contributed by atoms with Gasteiger partial charge in [0.05, 0.1) is 15.5 Å². The molecule has 1 N–H and O–H groups in total. The summed E-state index contributed by atoms with van der Waals surface area (Å²) in [5.74, 6) is 0.0127. The van der Waals surface area contributed by atoms with E-state index in [1.165, 1.54) is 23.1 Å². The molecule has 114 valence electrons. The van der Waals surface area contributed by atoms with Crippen LogP contribution < -0.4 is 5.32 Å². The van der Waals surface area contributed by atoms with Crippen molar-refractivity contribution in [1.29, 1.82) is 0 Å². The number of rotatable bonds is 3. The van der Waals surface area contributed by atoms with E-state index < -0.39 is 0 Å². The van der Waals surface area contributed by atoms with Crippen molar-refractivity contribution in [2.45, 2.75) is 11.7 Å². The van der Waals surface area contributed by atoms with Crippen molar-refractivity contribution < 1.29 is 4.79 Å². The molecule has 1 unspecified atom stereocenters. The molecule has 2 aromatic carbocycles. The van der Waals surface area contributed by atoms with Gasteiger partial charge in [0.15, 0.2) is 5.17 Å². The molecule has 0 bridgehead atoms. The summed E-state index contributed by atoms with van der Waals surface area (Å²) in [5.41, 5.74) is 2.09. The number of hydrogen-bond acceptors (Lipinski definition) is 5. The number of benzene rings is 2. The van der Waals surface area contributed by atoms with Crippen LogP contribution in [0.3, 0.4) is 0 Å². The van der Waals surface area contributed by atoms with Gasteiger partial charge in [0, 0.05) is 0 Å². The Hall–Kier alpha value is -2.18. The molecule has 2 heterocycles. The lowest BCUT2D eigenvalue weighted by Crippen LogP contribution is -2.25. The highest BCUT2D eigenvalue weighted by Crippen LogP contribution is 2.30. The van der Waals surface area contributed by atoms with Crippen LogP contribution in [-0.4, -0.2) is 21.3 Å². The predicted octanol–water partition coefficient (Wildman–Crippen LogP) is 3.76. The third-order valence-corrected chi connectivity index (χ3v) is 5.53. The second kappa shape index (κ2) is 6.14. The zero-order valence-corrected chi connectivity index (χ0v) is 13.7. The Morgan fingerprint density at radius 3 is 2.70 bits per heavy atom. The molecule has 0 radical (unpaired) electrons. The third-order valence-electron chi connectivity index (χ3n) is 3.52. The molecule has 1 fully saturated rings. The number of carbonyl (C=O) groups is 1. The Balaban J connectivity index is 1.53. The molecule has 1 aromatic heterocycles. The van der Waals surface area contributed by atoms with E-state index in [4.69, 9.17) is 0 Å². The topological polar surface area (TPSA) is 54.4 Å². The van der Waals surface area contributed by atoms with Gasteiger partial charge < -0.3 is 5.32 Å². The van der Waals surface area contributed by atoms with Gasteiger partial charge in [-0.25, -0.2) is 4.98 Å². The monoisotopic (exact) mass is 339 g/mol. The molecule has 1 amide bonds. The molecule has 1 atom stereocenters. The van der Waals surface area contributed by atoms with Gasteiger partial charge in [-0.1, -0.05) is 65.6 Å². The fourth-order valence-corrected chi connectivity index (χ4v) is 4.33. The molecule has 1 aliphatic rings. The van der Waals surface area contributed by atoms with Gasteiger partial charge in [-0.3, -0.25) is 4.79 Å². The van der Waals surface area contributed by atoms with Crippen LogP contribution in [0.5, 0.6) is 0 Å². The van der Waals surface area contributed by atoms with Gasteiger partial charge in [0.1, 0.15) is 0 Å². The molecule has 3 aromatic rings. The second-order valence-corrected chi connectivity index (χ2v) is 7.37. The maximum Gasteiger partial charge on any atom is 0.239 e. The quantitative estimate of drug-likeness (QED) is 0.790. The minimum absolute atomic E-state index is 0.0127. The van der Waals surface area contributed by atoms with Crippen LogP contribution in [0.2, 0.25) is 0 Å². The fraction of sp³-hybridized carbons (Fsp3) is 0.118. The smallest absolute Gasteiger partial charge is 0.239 e. The summed E-state index contributed by atoms with van der Waals surface area (Å²) in [6.45, 7) is 0. The molecular weight excluding hydrogens is 326 g/mol. The van der Waals surface area contributed by atoms with Crippen LogP contribution in [-0.2, 0) is 11.2 Å². The number of aromatic nitrogens is 1. The number of thiazole rings is 1. The van der Waals surface area contributed by atoms with Crippen molar-refractivity contribution >= 4 is 49.5 Å². The normalized spacial score (nSPS) is 19.4. The van der Waals surface area contributed by atoms with Crippen LogP contribution in [0.1, 0.15) is 5.56 Å². The van der Waals surface area contributed by atoms with Crippen molar-refractivity contribution in [3.8, 4) is 0 Å². The van der Waals surface area contributed by atoms with Gasteiger partial charge in [0.25, 0.3) is 0 Å². The molecule has 0 aliphatic carbocycles. The molecule has 6 heteroatoms. The Kier molecular flexibility index (Phi) is 3.85. The van der Waals surface area contributed by atoms with Crippen LogP contribution >= 0.6 is 23.1 Å². The summed E-state index contributed by atoms with van der Waals surface area (Å²) in [6, 6.07) is 18.0. The first kappa shape index (κ1) is 14.4. The Labute approximate surface area is 141 Å². The molecule has 0 saturated carbocycles. The molecule has 0 spiro atoms. The third kappa shape index (κ3) is 3.13. The number of fused-ring (bicyclic) bond motifs is 1. The van der Waals surface area contributed by atoms with Gasteiger partial charge in [-0.05, 0) is 24.1 Å². The summed E-state index contributed by atoms with van der Waals surface area (Å²) in [7, 11) is 0. The zero-order chi connectivity index (χ0) is 15.6. The molecular formula is C17H13N3OS2. The SMILES string of the molecule is O=C1N/C(=N/c2nc3ccccc3s2)SC1Cc1ccccc1. The van der Waals surface area contributed by atoms with Crippen molar-refractivity contribution in [1.82, 2.24) is 10.3 Å². The lowest BCUT2D eigenvalue weighted by molar-refractivity contribution is -0.118. The number of hydrogen-bond donors (Lipinski definition) is 1. The van der Waals surface area contributed by atoms with E-state index in [-0.39, 0.29) is 11.2 Å². The van der Waals surface area contributed by atoms with Gasteiger partial charge in [-0.2, -0.15) is 4.99 Å². The number of nitrogens with one attached hydrogen (secondary N) is 1. The minimum atomic E-state index is -0.134. The standard InChI is InChI=1S/C17H13N3OS2/c21-15-14(10-11-6-2-1-3-7-11)23-17(19-15)20-16-18-12-8-4-5-9-13(12)22-16/h1-9,14H,10H2,(H,18,19,20,21). The number of aliphatic imine (C=N–C) groups is 1. The van der Waals surface area contributed by atoms with Crippen LogP contribution in [0.15, 0.2) is 59.6 Å². The summed E-state index contributed by atoms with van der Waals surface area (Å²) >= 11 is 3.00. The molecule has 1 aliphatic heterocycles. The van der Waals surface area contributed by atoms with Crippen molar-refractivity contribution in [2.24, 2.45) is 4.99 Å². The summed E-state index contributed by atoms with van der Waals surface area (Å²) in [5, 5.41) is 4.03. The lowest BCUT2D eigenvalue weighted by atomic mass is 10.1. The van der Waals surface area contributed by atoms with E-state index in [9.17, 15) is 4.79 Å². The molecule has 4 nitrogen and oxygen atoms in total. The van der Waals surface area contributed by atoms with E-state index in [2.05, 4.69) is 15.3 Å². The van der Waals surface area contributed by atoms with Crippen LogP contribution in [0.25, 0.3) is 10.2 Å². The number of para-hydroxylation sites is 1. The molecule has 4 rings (SSSR count). The van der Waals surface area contributed by atoms with E-state index in [1.54, 1.807) is 0 Å². The van der Waals surface area contributed by atoms with Crippen molar-refractivity contribution in [3.63, 3.8) is 0 Å². The van der Waals surface area contributed by atoms with Crippen LogP contribution in [0.4, 0.5) is 5.13 Å². The van der Waals surface area contributed by atoms with Crippen molar-refractivity contribution in [2.75, 3.05) is 0 Å². The first-order valence-electron chi connectivity index (χ1n) is 7.24. The van der Waals surface area contributed by atoms with E-state index >= 15 is 0 Å².